The summed E-state index contributed by atoms with van der Waals surface area (Å²) >= 11 is 0. The molecule has 0 bridgehead atoms. The maximum absolute atomic E-state index is 12.5. The van der Waals surface area contributed by atoms with E-state index in [2.05, 4.69) is 10.2 Å². The summed E-state index contributed by atoms with van der Waals surface area (Å²) in [5.74, 6) is 2.45. The van der Waals surface area contributed by atoms with Gasteiger partial charge in [0.05, 0.1) is 25.3 Å². The topological polar surface area (TPSA) is 54.7 Å². The van der Waals surface area contributed by atoms with Crippen LogP contribution in [0.4, 0.5) is 0 Å². The second-order valence-electron chi connectivity index (χ2n) is 7.20. The summed E-state index contributed by atoms with van der Waals surface area (Å²) in [7, 11) is 0. The number of hydrogen-bond donors (Lipinski definition) is 1. The minimum Gasteiger partial charge on any atom is -0.467 e. The van der Waals surface area contributed by atoms with E-state index in [1.807, 2.05) is 6.07 Å². The first-order valence-corrected chi connectivity index (χ1v) is 8.98. The highest BCUT2D eigenvalue weighted by Crippen LogP contribution is 2.44. The highest BCUT2D eigenvalue weighted by Gasteiger charge is 2.39. The summed E-state index contributed by atoms with van der Waals surface area (Å²) < 4.78 is 10.9. The summed E-state index contributed by atoms with van der Waals surface area (Å²) in [5.41, 5.74) is 0.662. The zero-order valence-electron chi connectivity index (χ0n) is 13.6. The van der Waals surface area contributed by atoms with Crippen LogP contribution in [0, 0.1) is 11.8 Å². The molecule has 126 valence electrons. The van der Waals surface area contributed by atoms with Gasteiger partial charge in [-0.1, -0.05) is 12.8 Å². The minimum atomic E-state index is 0.0273. The van der Waals surface area contributed by atoms with Gasteiger partial charge in [0.2, 0.25) is 0 Å². The van der Waals surface area contributed by atoms with Crippen LogP contribution in [0.2, 0.25) is 0 Å². The molecule has 1 aliphatic heterocycles. The molecule has 5 heteroatoms. The van der Waals surface area contributed by atoms with Crippen molar-refractivity contribution in [2.75, 3.05) is 26.3 Å². The minimum absolute atomic E-state index is 0.0273. The highest BCUT2D eigenvalue weighted by atomic mass is 16.5. The van der Waals surface area contributed by atoms with E-state index in [4.69, 9.17) is 9.15 Å². The Labute approximate surface area is 137 Å². The summed E-state index contributed by atoms with van der Waals surface area (Å²) in [4.78, 5) is 14.8. The molecule has 1 saturated heterocycles. The number of amides is 1. The molecular weight excluding hydrogens is 292 g/mol. The van der Waals surface area contributed by atoms with Crippen molar-refractivity contribution >= 4 is 5.91 Å². The lowest BCUT2D eigenvalue weighted by Gasteiger charge is -2.25. The summed E-state index contributed by atoms with van der Waals surface area (Å²) in [6, 6.07) is 2.26. The first kappa shape index (κ1) is 15.2. The second kappa shape index (κ2) is 6.65. The molecule has 2 heterocycles. The number of carbonyl (C=O) groups excluding carboxylic acids is 1. The van der Waals surface area contributed by atoms with Crippen molar-refractivity contribution in [1.29, 1.82) is 0 Å². The smallest absolute Gasteiger partial charge is 0.254 e. The number of furan rings is 1. The van der Waals surface area contributed by atoms with Crippen LogP contribution >= 0.6 is 0 Å². The third-order valence-electron chi connectivity index (χ3n) is 5.80. The van der Waals surface area contributed by atoms with E-state index in [0.717, 1.165) is 50.9 Å². The molecule has 1 aromatic heterocycles. The van der Waals surface area contributed by atoms with Crippen LogP contribution < -0.4 is 5.32 Å². The van der Waals surface area contributed by atoms with Crippen molar-refractivity contribution in [2.24, 2.45) is 11.8 Å². The molecule has 4 rings (SSSR count). The maximum atomic E-state index is 12.5. The average molecular weight is 318 g/mol. The van der Waals surface area contributed by atoms with Crippen LogP contribution in [0.5, 0.6) is 0 Å². The maximum Gasteiger partial charge on any atom is 0.254 e. The summed E-state index contributed by atoms with van der Waals surface area (Å²) in [6.07, 6.45) is 7.99. The lowest BCUT2D eigenvalue weighted by atomic mass is 9.97. The van der Waals surface area contributed by atoms with E-state index in [1.165, 1.54) is 25.7 Å². The standard InChI is InChI=1S/C18H26N2O3/c21-18(19-17-5-4-13-2-1-3-16(13)17)14-10-15(23-12-14)11-20-6-8-22-9-7-20/h10,12-13,16-17H,1-9,11H2,(H,19,21)/t13-,16-,17-/m0/s1. The molecule has 3 atom stereocenters. The summed E-state index contributed by atoms with van der Waals surface area (Å²) in [6.45, 7) is 4.15. The van der Waals surface area contributed by atoms with Crippen LogP contribution in [0.25, 0.3) is 0 Å². The van der Waals surface area contributed by atoms with Crippen LogP contribution in [0.15, 0.2) is 16.7 Å². The molecule has 0 radical (unpaired) electrons. The van der Waals surface area contributed by atoms with E-state index in [9.17, 15) is 4.79 Å². The van der Waals surface area contributed by atoms with Crippen molar-refractivity contribution in [1.82, 2.24) is 10.2 Å². The summed E-state index contributed by atoms with van der Waals surface area (Å²) in [5, 5.41) is 3.25. The molecule has 0 unspecified atom stereocenters. The molecule has 2 saturated carbocycles. The fourth-order valence-electron chi connectivity index (χ4n) is 4.55. The Hall–Kier alpha value is -1.33. The van der Waals surface area contributed by atoms with Crippen LogP contribution in [-0.2, 0) is 11.3 Å². The predicted molar refractivity (Wildman–Crippen MR) is 86.1 cm³/mol. The largest absolute Gasteiger partial charge is 0.467 e. The Morgan fingerprint density at radius 1 is 1.22 bits per heavy atom. The zero-order chi connectivity index (χ0) is 15.6. The fourth-order valence-corrected chi connectivity index (χ4v) is 4.55. The van der Waals surface area contributed by atoms with Crippen molar-refractivity contribution in [3.8, 4) is 0 Å². The Kier molecular flexibility index (Phi) is 4.40. The van der Waals surface area contributed by atoms with Gasteiger partial charge >= 0.3 is 0 Å². The van der Waals surface area contributed by atoms with Gasteiger partial charge in [0, 0.05) is 19.1 Å². The van der Waals surface area contributed by atoms with Crippen molar-refractivity contribution < 1.29 is 13.9 Å². The Morgan fingerprint density at radius 3 is 2.96 bits per heavy atom. The molecular formula is C18H26N2O3. The van der Waals surface area contributed by atoms with Gasteiger partial charge in [-0.25, -0.2) is 0 Å². The van der Waals surface area contributed by atoms with Crippen molar-refractivity contribution in [2.45, 2.75) is 44.7 Å². The quantitative estimate of drug-likeness (QED) is 0.926. The zero-order valence-corrected chi connectivity index (χ0v) is 13.6. The number of ether oxygens (including phenoxy) is 1. The van der Waals surface area contributed by atoms with Gasteiger partial charge < -0.3 is 14.5 Å². The molecule has 1 amide bonds. The van der Waals surface area contributed by atoms with Gasteiger partial charge in [-0.05, 0) is 37.2 Å². The van der Waals surface area contributed by atoms with Gasteiger partial charge in [0.1, 0.15) is 12.0 Å². The molecule has 1 aromatic rings. The number of carbonyl (C=O) groups is 1. The highest BCUT2D eigenvalue weighted by molar-refractivity contribution is 5.94. The first-order chi connectivity index (χ1) is 11.3. The monoisotopic (exact) mass is 318 g/mol. The number of fused-ring (bicyclic) bond motifs is 1. The van der Waals surface area contributed by atoms with Gasteiger partial charge in [-0.15, -0.1) is 0 Å². The first-order valence-electron chi connectivity index (χ1n) is 8.98. The van der Waals surface area contributed by atoms with E-state index in [0.29, 0.717) is 17.5 Å². The third-order valence-corrected chi connectivity index (χ3v) is 5.80. The Morgan fingerprint density at radius 2 is 2.09 bits per heavy atom. The predicted octanol–water partition coefficient (Wildman–Crippen LogP) is 2.42. The SMILES string of the molecule is O=C(N[C@H]1CC[C@@H]2CCC[C@@H]21)c1coc(CN2CCOCC2)c1. The van der Waals surface area contributed by atoms with E-state index >= 15 is 0 Å². The molecule has 0 aromatic carbocycles. The molecule has 5 nitrogen and oxygen atoms in total. The van der Waals surface area contributed by atoms with E-state index < -0.39 is 0 Å². The average Bonchev–Trinajstić information content (AvgIpc) is 3.27. The van der Waals surface area contributed by atoms with Crippen LogP contribution in [-0.4, -0.2) is 43.2 Å². The van der Waals surface area contributed by atoms with Crippen LogP contribution in [0.1, 0.15) is 48.2 Å². The van der Waals surface area contributed by atoms with Gasteiger partial charge in [-0.2, -0.15) is 0 Å². The van der Waals surface area contributed by atoms with E-state index in [-0.39, 0.29) is 5.91 Å². The fraction of sp³-hybridized carbons (Fsp3) is 0.722. The van der Waals surface area contributed by atoms with Crippen LogP contribution in [0.3, 0.4) is 0 Å². The Balaban J connectivity index is 1.33. The number of rotatable bonds is 4. The van der Waals surface area contributed by atoms with Gasteiger partial charge in [0.15, 0.2) is 0 Å². The molecule has 3 aliphatic rings. The van der Waals surface area contributed by atoms with Crippen molar-refractivity contribution in [3.05, 3.63) is 23.7 Å². The second-order valence-corrected chi connectivity index (χ2v) is 7.20. The molecule has 3 fully saturated rings. The lowest BCUT2D eigenvalue weighted by molar-refractivity contribution is 0.0313. The van der Waals surface area contributed by atoms with E-state index in [1.54, 1.807) is 6.26 Å². The van der Waals surface area contributed by atoms with Crippen molar-refractivity contribution in [3.63, 3.8) is 0 Å². The number of morpholine rings is 1. The number of nitrogens with zero attached hydrogens (tertiary/aromatic N) is 1. The van der Waals surface area contributed by atoms with Gasteiger partial charge in [0.25, 0.3) is 5.91 Å². The lowest BCUT2D eigenvalue weighted by Crippen LogP contribution is -2.37. The number of nitrogens with one attached hydrogen (secondary N) is 1. The van der Waals surface area contributed by atoms with Gasteiger partial charge in [-0.3, -0.25) is 9.69 Å². The molecule has 2 aliphatic carbocycles. The molecule has 1 N–H and O–H groups in total. The normalized spacial score (nSPS) is 31.2. The Bertz CT molecular complexity index is 550. The molecule has 23 heavy (non-hydrogen) atoms. The molecule has 0 spiro atoms. The number of hydrogen-bond acceptors (Lipinski definition) is 4. The third kappa shape index (κ3) is 3.31.